The molecule has 3 aliphatic heterocycles. The normalized spacial score (nSPS) is 32.2. The molecule has 1 spiro atoms. The molecule has 3 heterocycles. The van der Waals surface area contributed by atoms with Gasteiger partial charge in [0, 0.05) is 36.4 Å². The van der Waals surface area contributed by atoms with Crippen LogP contribution in [0.5, 0.6) is 17.2 Å². The number of carbonyl (C=O) groups excluding carboxylic acids is 2. The number of fused-ring (bicyclic) bond motifs is 3. The Balaban J connectivity index is 1.55. The van der Waals surface area contributed by atoms with Crippen LogP contribution < -0.4 is 9.47 Å². The van der Waals surface area contributed by atoms with Crippen molar-refractivity contribution in [2.45, 2.75) is 77.6 Å². The molecule has 214 valence electrons. The molecule has 1 saturated carbocycles. The van der Waals surface area contributed by atoms with Crippen LogP contribution in [0.1, 0.15) is 76.7 Å². The molecule has 7 nitrogen and oxygen atoms in total. The standard InChI is InChI=1S/C33H41NO6/c1-7-13-34(14-8-2)17-22-21-15-23-28(36)27-25(35)16-26-20(10-11-31(5,6)39-26)29(27)40-33(23)24(22)18-38-32(33,30(21)37)12-9-19(3)4/h9-11,15-16,21-22,24,35H,7-8,12-14,17-18H2,1-6H3/t21-,22+,24-,32?,33-/m1/s1. The summed E-state index contributed by atoms with van der Waals surface area (Å²) >= 11 is 0. The summed E-state index contributed by atoms with van der Waals surface area (Å²) in [4.78, 5) is 31.3. The molecule has 7 heteroatoms. The van der Waals surface area contributed by atoms with Gasteiger partial charge in [-0.05, 0) is 71.7 Å². The van der Waals surface area contributed by atoms with Gasteiger partial charge in [-0.25, -0.2) is 0 Å². The van der Waals surface area contributed by atoms with Gasteiger partial charge in [-0.2, -0.15) is 0 Å². The molecule has 6 aliphatic rings. The summed E-state index contributed by atoms with van der Waals surface area (Å²) in [7, 11) is 0. The van der Waals surface area contributed by atoms with E-state index < -0.39 is 22.7 Å². The van der Waals surface area contributed by atoms with E-state index >= 15 is 0 Å². The highest BCUT2D eigenvalue weighted by atomic mass is 16.6. The number of ether oxygens (including phenoxy) is 3. The van der Waals surface area contributed by atoms with E-state index in [2.05, 4.69) is 18.7 Å². The molecule has 2 fully saturated rings. The first kappa shape index (κ1) is 27.3. The summed E-state index contributed by atoms with van der Waals surface area (Å²) in [5.74, 6) is -0.381. The van der Waals surface area contributed by atoms with E-state index in [-0.39, 0.29) is 40.5 Å². The lowest BCUT2D eigenvalue weighted by Gasteiger charge is -2.59. The van der Waals surface area contributed by atoms with E-state index in [0.29, 0.717) is 29.9 Å². The Bertz CT molecular complexity index is 1360. The highest BCUT2D eigenvalue weighted by Gasteiger charge is 2.79. The van der Waals surface area contributed by atoms with Crippen molar-refractivity contribution in [3.8, 4) is 17.2 Å². The largest absolute Gasteiger partial charge is 0.507 e. The highest BCUT2D eigenvalue weighted by molar-refractivity contribution is 6.18. The number of phenols is 1. The maximum Gasteiger partial charge on any atom is 0.200 e. The number of carbonyl (C=O) groups is 2. The molecule has 1 aromatic rings. The molecule has 1 aromatic carbocycles. The van der Waals surface area contributed by atoms with E-state index in [0.717, 1.165) is 38.0 Å². The van der Waals surface area contributed by atoms with Crippen LogP contribution in [0.25, 0.3) is 6.08 Å². The van der Waals surface area contributed by atoms with Gasteiger partial charge in [-0.15, -0.1) is 0 Å². The second kappa shape index (κ2) is 9.31. The van der Waals surface area contributed by atoms with Crippen molar-refractivity contribution in [2.75, 3.05) is 26.2 Å². The fourth-order valence-corrected chi connectivity index (χ4v) is 7.75. The van der Waals surface area contributed by atoms with E-state index in [4.69, 9.17) is 14.2 Å². The molecule has 0 amide bonds. The monoisotopic (exact) mass is 547 g/mol. The maximum atomic E-state index is 14.5. The van der Waals surface area contributed by atoms with Gasteiger partial charge in [-0.1, -0.05) is 31.6 Å². The lowest BCUT2D eigenvalue weighted by molar-refractivity contribution is -0.171. The Hall–Kier alpha value is -2.90. The van der Waals surface area contributed by atoms with Gasteiger partial charge in [0.1, 0.15) is 28.4 Å². The third-order valence-corrected chi connectivity index (χ3v) is 9.42. The molecule has 1 unspecified atom stereocenters. The summed E-state index contributed by atoms with van der Waals surface area (Å²) < 4.78 is 19.8. The zero-order valence-corrected chi connectivity index (χ0v) is 24.5. The van der Waals surface area contributed by atoms with Gasteiger partial charge >= 0.3 is 0 Å². The number of hydrogen-bond donors (Lipinski definition) is 1. The summed E-state index contributed by atoms with van der Waals surface area (Å²) in [6.45, 7) is 15.2. The Morgan fingerprint density at radius 1 is 1.15 bits per heavy atom. The summed E-state index contributed by atoms with van der Waals surface area (Å²) in [6.07, 6.45) is 10.1. The SMILES string of the molecule is CCCN(CCC)C[C@@H]1[C@H]2COC3(CC=C(C)C)C(=O)[C@@H]1C=C1C(=O)c4c(O)cc5c(c4O[C@]123)C=CC(C)(C)O5. The van der Waals surface area contributed by atoms with Gasteiger partial charge < -0.3 is 24.2 Å². The van der Waals surface area contributed by atoms with Crippen molar-refractivity contribution in [2.24, 2.45) is 17.8 Å². The molecule has 40 heavy (non-hydrogen) atoms. The van der Waals surface area contributed by atoms with Crippen LogP contribution in [-0.4, -0.2) is 64.6 Å². The number of ketones is 2. The zero-order chi connectivity index (χ0) is 28.6. The van der Waals surface area contributed by atoms with Crippen molar-refractivity contribution in [3.63, 3.8) is 0 Å². The van der Waals surface area contributed by atoms with E-state index in [1.807, 2.05) is 52.0 Å². The summed E-state index contributed by atoms with van der Waals surface area (Å²) in [6, 6.07) is 1.51. The molecule has 3 aliphatic carbocycles. The smallest absolute Gasteiger partial charge is 0.200 e. The van der Waals surface area contributed by atoms with Crippen LogP contribution in [0.2, 0.25) is 0 Å². The molecule has 1 N–H and O–H groups in total. The van der Waals surface area contributed by atoms with Gasteiger partial charge in [0.25, 0.3) is 0 Å². The Morgan fingerprint density at radius 2 is 1.88 bits per heavy atom. The van der Waals surface area contributed by atoms with Crippen LogP contribution in [0, 0.1) is 17.8 Å². The third kappa shape index (κ3) is 3.63. The van der Waals surface area contributed by atoms with E-state index in [1.165, 1.54) is 6.07 Å². The second-order valence-corrected chi connectivity index (χ2v) is 12.9. The number of hydrogen-bond acceptors (Lipinski definition) is 7. The number of benzene rings is 1. The fraction of sp³-hybridized carbons (Fsp3) is 0.576. The lowest BCUT2D eigenvalue weighted by Crippen LogP contribution is -2.74. The Kier molecular flexibility index (Phi) is 6.35. The van der Waals surface area contributed by atoms with Crippen molar-refractivity contribution in [1.29, 1.82) is 0 Å². The maximum absolute atomic E-state index is 14.5. The van der Waals surface area contributed by atoms with Crippen LogP contribution >= 0.6 is 0 Å². The number of aromatic hydroxyl groups is 1. The third-order valence-electron chi connectivity index (χ3n) is 9.42. The van der Waals surface area contributed by atoms with Crippen LogP contribution in [0.4, 0.5) is 0 Å². The van der Waals surface area contributed by atoms with Gasteiger partial charge in [0.15, 0.2) is 22.8 Å². The highest BCUT2D eigenvalue weighted by Crippen LogP contribution is 2.66. The molecule has 7 rings (SSSR count). The summed E-state index contributed by atoms with van der Waals surface area (Å²) in [5.41, 5.74) is -0.872. The van der Waals surface area contributed by atoms with Gasteiger partial charge in [0.2, 0.25) is 0 Å². The first-order chi connectivity index (χ1) is 19.0. The van der Waals surface area contributed by atoms with Gasteiger partial charge in [-0.3, -0.25) is 9.59 Å². The van der Waals surface area contributed by atoms with Crippen molar-refractivity contribution in [1.82, 2.24) is 4.90 Å². The Morgan fingerprint density at radius 3 is 2.55 bits per heavy atom. The fourth-order valence-electron chi connectivity index (χ4n) is 7.75. The predicted molar refractivity (Wildman–Crippen MR) is 153 cm³/mol. The van der Waals surface area contributed by atoms with Crippen LogP contribution in [0.3, 0.4) is 0 Å². The second-order valence-electron chi connectivity index (χ2n) is 12.9. The number of phenolic OH excluding ortho intramolecular Hbond substituents is 1. The summed E-state index contributed by atoms with van der Waals surface area (Å²) in [5, 5.41) is 11.1. The Labute approximate surface area is 236 Å². The minimum atomic E-state index is -1.30. The topological polar surface area (TPSA) is 85.3 Å². The molecular weight excluding hydrogens is 506 g/mol. The molecule has 0 aromatic heterocycles. The quantitative estimate of drug-likeness (QED) is 0.430. The number of nitrogens with zero attached hydrogens (tertiary/aromatic N) is 1. The average molecular weight is 548 g/mol. The lowest BCUT2D eigenvalue weighted by atomic mass is 9.49. The van der Waals surface area contributed by atoms with E-state index in [9.17, 15) is 14.7 Å². The molecular formula is C33H41NO6. The molecule has 0 radical (unpaired) electrons. The number of Topliss-reactive ketones (excluding diaryl/α,β-unsaturated/α-hetero) is 2. The predicted octanol–water partition coefficient (Wildman–Crippen LogP) is 5.51. The molecule has 5 atom stereocenters. The minimum absolute atomic E-state index is 0.00126. The molecule has 1 saturated heterocycles. The van der Waals surface area contributed by atoms with E-state index in [1.54, 1.807) is 0 Å². The zero-order valence-electron chi connectivity index (χ0n) is 24.5. The van der Waals surface area contributed by atoms with Crippen LogP contribution in [-0.2, 0) is 9.53 Å². The van der Waals surface area contributed by atoms with Crippen molar-refractivity contribution < 1.29 is 28.9 Å². The minimum Gasteiger partial charge on any atom is -0.507 e. The number of rotatable bonds is 8. The van der Waals surface area contributed by atoms with Crippen molar-refractivity contribution >= 4 is 17.6 Å². The van der Waals surface area contributed by atoms with Gasteiger partial charge in [0.05, 0.1) is 12.2 Å². The molecule has 4 bridgehead atoms. The number of allylic oxidation sites excluding steroid dienone is 2. The first-order valence-electron chi connectivity index (χ1n) is 14.8. The van der Waals surface area contributed by atoms with Crippen molar-refractivity contribution in [3.05, 3.63) is 46.6 Å². The first-order valence-corrected chi connectivity index (χ1v) is 14.8. The van der Waals surface area contributed by atoms with Crippen LogP contribution in [0.15, 0.2) is 35.4 Å². The average Bonchev–Trinajstić information content (AvgIpc) is 3.17.